The molecule has 2 atom stereocenters. The van der Waals surface area contributed by atoms with Crippen LogP contribution in [0.3, 0.4) is 0 Å². The smallest absolute Gasteiger partial charge is 0.340 e. The number of imidazole rings is 1. The Kier molecular flexibility index (Phi) is 4.29. The first-order chi connectivity index (χ1) is 13.5. The molecule has 0 radical (unpaired) electrons. The first-order valence-electron chi connectivity index (χ1n) is 8.76. The molecule has 3 aromatic rings. The second-order valence-corrected chi connectivity index (χ2v) is 8.76. The number of benzene rings is 1. The van der Waals surface area contributed by atoms with E-state index in [2.05, 4.69) is 20.9 Å². The number of fused-ring (bicyclic) bond motifs is 2. The summed E-state index contributed by atoms with van der Waals surface area (Å²) < 4.78 is 21.5. The van der Waals surface area contributed by atoms with Crippen molar-refractivity contribution < 1.29 is 13.9 Å². The molecule has 140 valence electrons. The van der Waals surface area contributed by atoms with Gasteiger partial charge in [-0.3, -0.25) is 4.40 Å². The molecular formula is C21H14BrFN2O2S. The van der Waals surface area contributed by atoms with Crippen molar-refractivity contribution in [3.05, 3.63) is 87.4 Å². The Morgan fingerprint density at radius 1 is 1.21 bits per heavy atom. The maximum absolute atomic E-state index is 13.1. The van der Waals surface area contributed by atoms with Gasteiger partial charge in [0.25, 0.3) is 0 Å². The molecule has 1 aromatic carbocycles. The normalized spacial score (nSPS) is 21.3. The van der Waals surface area contributed by atoms with Crippen LogP contribution >= 0.6 is 27.3 Å². The van der Waals surface area contributed by atoms with Crippen molar-refractivity contribution in [1.29, 1.82) is 0 Å². The van der Waals surface area contributed by atoms with E-state index in [0.717, 1.165) is 19.9 Å². The molecule has 4 nitrogen and oxygen atoms in total. The molecule has 2 aliphatic rings. The predicted molar refractivity (Wildman–Crippen MR) is 110 cm³/mol. The van der Waals surface area contributed by atoms with Crippen LogP contribution in [-0.4, -0.2) is 21.5 Å². The Morgan fingerprint density at radius 2 is 2.04 bits per heavy atom. The number of carbonyl (C=O) groups excluding carboxylic acids is 1. The average Bonchev–Trinajstić information content (AvgIpc) is 3.22. The first kappa shape index (κ1) is 17.6. The van der Waals surface area contributed by atoms with E-state index < -0.39 is 0 Å². The van der Waals surface area contributed by atoms with Crippen LogP contribution in [-0.2, 0) is 16.0 Å². The fourth-order valence-electron chi connectivity index (χ4n) is 3.41. The number of allylic oxidation sites excluding steroid dienone is 2. The topological polar surface area (TPSA) is 43.6 Å². The molecule has 0 fully saturated rings. The minimum absolute atomic E-state index is 0.000785. The zero-order valence-electron chi connectivity index (χ0n) is 14.5. The van der Waals surface area contributed by atoms with Crippen molar-refractivity contribution in [2.45, 2.75) is 12.5 Å². The van der Waals surface area contributed by atoms with Crippen molar-refractivity contribution in [2.24, 2.45) is 5.92 Å². The molecule has 0 saturated heterocycles. The van der Waals surface area contributed by atoms with E-state index in [9.17, 15) is 9.18 Å². The molecule has 5 rings (SSSR count). The summed E-state index contributed by atoms with van der Waals surface area (Å²) >= 11 is 5.02. The molecule has 0 N–H and O–H groups in total. The maximum Gasteiger partial charge on any atom is 0.340 e. The van der Waals surface area contributed by atoms with Gasteiger partial charge in [0.2, 0.25) is 0 Å². The van der Waals surface area contributed by atoms with E-state index in [1.807, 2.05) is 41.1 Å². The summed E-state index contributed by atoms with van der Waals surface area (Å²) in [6.45, 7) is 0. The van der Waals surface area contributed by atoms with E-state index in [-0.39, 0.29) is 23.8 Å². The number of ether oxygens (including phenoxy) is 1. The summed E-state index contributed by atoms with van der Waals surface area (Å²) in [5.41, 5.74) is 2.14. The second kappa shape index (κ2) is 6.83. The number of nitrogens with zero attached hydrogens (tertiary/aromatic N) is 2. The van der Waals surface area contributed by atoms with Gasteiger partial charge in [0.15, 0.2) is 4.96 Å². The quantitative estimate of drug-likeness (QED) is 0.526. The Hall–Kier alpha value is -2.51. The van der Waals surface area contributed by atoms with Crippen molar-refractivity contribution in [1.82, 2.24) is 9.38 Å². The highest BCUT2D eigenvalue weighted by Gasteiger charge is 2.32. The summed E-state index contributed by atoms with van der Waals surface area (Å²) in [6, 6.07) is 6.50. The van der Waals surface area contributed by atoms with Gasteiger partial charge in [-0.25, -0.2) is 14.2 Å². The third-order valence-corrected chi connectivity index (χ3v) is 6.29. The molecule has 7 heteroatoms. The fourth-order valence-corrected chi connectivity index (χ4v) is 4.86. The molecule has 2 unspecified atom stereocenters. The number of esters is 1. The zero-order valence-corrected chi connectivity index (χ0v) is 16.9. The summed E-state index contributed by atoms with van der Waals surface area (Å²) in [5, 5.41) is 0. The van der Waals surface area contributed by atoms with Crippen LogP contribution in [0, 0.1) is 11.7 Å². The Labute approximate surface area is 172 Å². The molecule has 1 aliphatic heterocycles. The molecule has 0 saturated carbocycles. The molecule has 2 aromatic heterocycles. The van der Waals surface area contributed by atoms with Gasteiger partial charge < -0.3 is 4.74 Å². The highest BCUT2D eigenvalue weighted by Crippen LogP contribution is 2.33. The van der Waals surface area contributed by atoms with Crippen LogP contribution < -0.4 is 0 Å². The van der Waals surface area contributed by atoms with E-state index in [1.54, 1.807) is 23.5 Å². The van der Waals surface area contributed by atoms with E-state index in [0.29, 0.717) is 17.7 Å². The van der Waals surface area contributed by atoms with Gasteiger partial charge in [-0.15, -0.1) is 11.3 Å². The maximum atomic E-state index is 13.1. The molecule has 0 amide bonds. The number of hydrogen-bond acceptors (Lipinski definition) is 4. The Bertz CT molecular complexity index is 1140. The lowest BCUT2D eigenvalue weighted by molar-refractivity contribution is -0.141. The van der Waals surface area contributed by atoms with E-state index in [1.165, 1.54) is 12.1 Å². The van der Waals surface area contributed by atoms with Crippen molar-refractivity contribution >= 4 is 43.8 Å². The zero-order chi connectivity index (χ0) is 19.3. The van der Waals surface area contributed by atoms with Crippen LogP contribution in [0.4, 0.5) is 4.39 Å². The van der Waals surface area contributed by atoms with Crippen molar-refractivity contribution in [2.75, 3.05) is 0 Å². The molecule has 3 heterocycles. The van der Waals surface area contributed by atoms with Crippen LogP contribution in [0.2, 0.25) is 0 Å². The molecule has 0 spiro atoms. The standard InChI is InChI=1S/C21H14BrFN2O2S/c22-14-3-6-19-13(8-14)9-17(20(26)27-19)18-11-25-10-16(28-21(25)24-18)7-12-1-4-15(23)5-2-12/h1-6,8-11,13,19H,7H2. The Balaban J connectivity index is 1.42. The molecule has 0 bridgehead atoms. The first-order valence-corrected chi connectivity index (χ1v) is 10.4. The number of rotatable bonds is 3. The number of carbonyl (C=O) groups is 1. The molecule has 1 aliphatic carbocycles. The predicted octanol–water partition coefficient (Wildman–Crippen LogP) is 4.90. The molecular weight excluding hydrogens is 443 g/mol. The van der Waals surface area contributed by atoms with Gasteiger partial charge in [-0.2, -0.15) is 0 Å². The van der Waals surface area contributed by atoms with Crippen molar-refractivity contribution in [3.8, 4) is 0 Å². The highest BCUT2D eigenvalue weighted by atomic mass is 79.9. The SMILES string of the molecule is O=C1OC2C=CC(Br)=CC2C=C1c1cn2cc(Cc3ccc(F)cc3)sc2n1. The summed E-state index contributed by atoms with van der Waals surface area (Å²) in [7, 11) is 0. The van der Waals surface area contributed by atoms with Gasteiger partial charge in [0, 0.05) is 34.1 Å². The van der Waals surface area contributed by atoms with Gasteiger partial charge in [0.1, 0.15) is 11.9 Å². The van der Waals surface area contributed by atoms with Crippen LogP contribution in [0.25, 0.3) is 10.5 Å². The largest absolute Gasteiger partial charge is 0.454 e. The fraction of sp³-hybridized carbons (Fsp3) is 0.143. The minimum atomic E-state index is -0.352. The average molecular weight is 457 g/mol. The lowest BCUT2D eigenvalue weighted by Gasteiger charge is -2.27. The third-order valence-electron chi connectivity index (χ3n) is 4.77. The number of halogens is 2. The minimum Gasteiger partial charge on any atom is -0.454 e. The Morgan fingerprint density at radius 3 is 2.82 bits per heavy atom. The third kappa shape index (κ3) is 3.25. The van der Waals surface area contributed by atoms with E-state index in [4.69, 9.17) is 4.74 Å². The van der Waals surface area contributed by atoms with Gasteiger partial charge >= 0.3 is 5.97 Å². The second-order valence-electron chi connectivity index (χ2n) is 6.75. The summed E-state index contributed by atoms with van der Waals surface area (Å²) in [5.74, 6) is -0.588. The summed E-state index contributed by atoms with van der Waals surface area (Å²) in [6.07, 6.45) is 12.0. The summed E-state index contributed by atoms with van der Waals surface area (Å²) in [4.78, 5) is 19.0. The van der Waals surface area contributed by atoms with Crippen LogP contribution in [0.5, 0.6) is 0 Å². The highest BCUT2D eigenvalue weighted by molar-refractivity contribution is 9.11. The molecule has 28 heavy (non-hydrogen) atoms. The number of aromatic nitrogens is 2. The van der Waals surface area contributed by atoms with Crippen molar-refractivity contribution in [3.63, 3.8) is 0 Å². The lowest BCUT2D eigenvalue weighted by atomic mass is 9.92. The van der Waals surface area contributed by atoms with E-state index >= 15 is 0 Å². The lowest BCUT2D eigenvalue weighted by Crippen LogP contribution is -2.30. The van der Waals surface area contributed by atoms with Gasteiger partial charge in [0.05, 0.1) is 11.3 Å². The number of hydrogen-bond donors (Lipinski definition) is 0. The number of thiazole rings is 1. The van der Waals surface area contributed by atoms with Gasteiger partial charge in [-0.1, -0.05) is 40.2 Å². The van der Waals surface area contributed by atoms with Crippen LogP contribution in [0.1, 0.15) is 16.1 Å². The van der Waals surface area contributed by atoms with Crippen LogP contribution in [0.15, 0.2) is 65.4 Å². The monoisotopic (exact) mass is 456 g/mol. The van der Waals surface area contributed by atoms with Gasteiger partial charge in [-0.05, 0) is 29.8 Å².